The summed E-state index contributed by atoms with van der Waals surface area (Å²) in [5.74, 6) is 1.65. The molecular formula is C15H20BrClN2O. The topological polar surface area (TPSA) is 27.1 Å². The fourth-order valence-corrected chi connectivity index (χ4v) is 2.77. The number of nitrogens with zero attached hydrogens (tertiary/aromatic N) is 2. The van der Waals surface area contributed by atoms with Gasteiger partial charge in [-0.2, -0.15) is 0 Å². The van der Waals surface area contributed by atoms with Crippen molar-refractivity contribution in [2.24, 2.45) is 0 Å². The zero-order valence-corrected chi connectivity index (χ0v) is 14.1. The summed E-state index contributed by atoms with van der Waals surface area (Å²) in [4.78, 5) is 4.69. The Morgan fingerprint density at radius 3 is 2.95 bits per heavy atom. The first kappa shape index (κ1) is 15.8. The third-order valence-electron chi connectivity index (χ3n) is 3.13. The highest BCUT2D eigenvalue weighted by Crippen LogP contribution is 2.21. The van der Waals surface area contributed by atoms with E-state index in [0.29, 0.717) is 5.88 Å². The predicted molar refractivity (Wildman–Crippen MR) is 87.6 cm³/mol. The molecule has 20 heavy (non-hydrogen) atoms. The molecule has 3 nitrogen and oxygen atoms in total. The van der Waals surface area contributed by atoms with Crippen LogP contribution in [0.25, 0.3) is 11.0 Å². The van der Waals surface area contributed by atoms with Crippen LogP contribution in [-0.4, -0.2) is 28.6 Å². The highest BCUT2D eigenvalue weighted by atomic mass is 79.9. The molecule has 0 saturated carbocycles. The van der Waals surface area contributed by atoms with Crippen LogP contribution in [0, 0.1) is 0 Å². The lowest BCUT2D eigenvalue weighted by Gasteiger charge is -2.09. The minimum absolute atomic E-state index is 0.594. The molecular weight excluding hydrogens is 340 g/mol. The van der Waals surface area contributed by atoms with E-state index >= 15 is 0 Å². The number of hydrogen-bond donors (Lipinski definition) is 0. The van der Waals surface area contributed by atoms with Crippen LogP contribution in [0.15, 0.2) is 22.7 Å². The first-order chi connectivity index (χ1) is 9.76. The Morgan fingerprint density at radius 1 is 1.35 bits per heavy atom. The predicted octanol–water partition coefficient (Wildman–Crippen LogP) is 4.40. The molecule has 0 unspecified atom stereocenters. The molecule has 0 aliphatic rings. The van der Waals surface area contributed by atoms with Crippen molar-refractivity contribution < 1.29 is 4.74 Å². The van der Waals surface area contributed by atoms with Gasteiger partial charge in [0, 0.05) is 36.5 Å². The molecule has 0 atom stereocenters. The second-order valence-electron chi connectivity index (χ2n) is 4.72. The Labute approximate surface area is 133 Å². The number of benzene rings is 1. The molecule has 0 radical (unpaired) electrons. The van der Waals surface area contributed by atoms with Gasteiger partial charge in [0.25, 0.3) is 0 Å². The second-order valence-corrected chi connectivity index (χ2v) is 6.01. The molecule has 1 aromatic carbocycles. The minimum Gasteiger partial charge on any atom is -0.381 e. The van der Waals surface area contributed by atoms with Crippen LogP contribution in [0.3, 0.4) is 0 Å². The zero-order valence-electron chi connectivity index (χ0n) is 11.7. The van der Waals surface area contributed by atoms with Gasteiger partial charge in [-0.05, 0) is 31.0 Å². The Bertz CT molecular complexity index is 556. The van der Waals surface area contributed by atoms with E-state index in [1.165, 1.54) is 5.52 Å². The molecule has 0 saturated heterocycles. The van der Waals surface area contributed by atoms with E-state index < -0.39 is 0 Å². The highest BCUT2D eigenvalue weighted by Gasteiger charge is 2.10. The summed E-state index contributed by atoms with van der Waals surface area (Å²) in [7, 11) is 0. The number of halogens is 2. The summed E-state index contributed by atoms with van der Waals surface area (Å²) in [6.07, 6.45) is 2.86. The highest BCUT2D eigenvalue weighted by molar-refractivity contribution is 9.10. The number of alkyl halides is 1. The van der Waals surface area contributed by atoms with Gasteiger partial charge in [-0.3, -0.25) is 0 Å². The minimum atomic E-state index is 0.594. The maximum Gasteiger partial charge on any atom is 0.111 e. The maximum absolute atomic E-state index is 5.88. The number of aryl methyl sites for hydroxylation is 2. The van der Waals surface area contributed by atoms with E-state index in [9.17, 15) is 0 Å². The third-order valence-corrected chi connectivity index (χ3v) is 3.81. The number of hydrogen-bond acceptors (Lipinski definition) is 2. The van der Waals surface area contributed by atoms with E-state index in [-0.39, 0.29) is 0 Å². The number of aromatic nitrogens is 2. The van der Waals surface area contributed by atoms with Gasteiger partial charge in [0.1, 0.15) is 5.82 Å². The standard InChI is InChI=1S/C15H20BrClN2O/c1-2-9-20-10-3-8-19-14-5-4-12(16)11-13(14)18-15(19)6-7-17/h4-5,11H,2-3,6-10H2,1H3. The Hall–Kier alpha value is -0.580. The Morgan fingerprint density at radius 2 is 2.20 bits per heavy atom. The summed E-state index contributed by atoms with van der Waals surface area (Å²) in [6.45, 7) is 4.68. The van der Waals surface area contributed by atoms with Gasteiger partial charge in [0.15, 0.2) is 0 Å². The van der Waals surface area contributed by atoms with Gasteiger partial charge < -0.3 is 9.30 Å². The van der Waals surface area contributed by atoms with E-state index in [2.05, 4.69) is 50.6 Å². The largest absolute Gasteiger partial charge is 0.381 e. The molecule has 2 aromatic rings. The summed E-state index contributed by atoms with van der Waals surface area (Å²) in [5, 5.41) is 0. The lowest BCUT2D eigenvalue weighted by Crippen LogP contribution is -2.07. The average molecular weight is 360 g/mol. The monoisotopic (exact) mass is 358 g/mol. The second kappa shape index (κ2) is 8.01. The van der Waals surface area contributed by atoms with Crippen molar-refractivity contribution in [2.75, 3.05) is 19.1 Å². The molecule has 110 valence electrons. The number of ether oxygens (including phenoxy) is 1. The van der Waals surface area contributed by atoms with Gasteiger partial charge in [0.2, 0.25) is 0 Å². The van der Waals surface area contributed by atoms with Gasteiger partial charge >= 0.3 is 0 Å². The lowest BCUT2D eigenvalue weighted by atomic mass is 10.3. The van der Waals surface area contributed by atoms with Crippen molar-refractivity contribution in [3.63, 3.8) is 0 Å². The van der Waals surface area contributed by atoms with E-state index in [1.54, 1.807) is 0 Å². The first-order valence-corrected chi connectivity index (χ1v) is 8.37. The van der Waals surface area contributed by atoms with Crippen LogP contribution in [0.2, 0.25) is 0 Å². The van der Waals surface area contributed by atoms with Crippen molar-refractivity contribution in [3.05, 3.63) is 28.5 Å². The third kappa shape index (κ3) is 3.96. The van der Waals surface area contributed by atoms with Crippen molar-refractivity contribution in [2.45, 2.75) is 32.7 Å². The van der Waals surface area contributed by atoms with Crippen molar-refractivity contribution >= 4 is 38.6 Å². The summed E-state index contributed by atoms with van der Waals surface area (Å²) in [6, 6.07) is 6.22. The van der Waals surface area contributed by atoms with E-state index in [1.807, 2.05) is 0 Å². The van der Waals surface area contributed by atoms with Crippen LogP contribution in [-0.2, 0) is 17.7 Å². The Balaban J connectivity index is 2.13. The molecule has 2 rings (SSSR count). The van der Waals surface area contributed by atoms with Gasteiger partial charge in [-0.25, -0.2) is 4.98 Å². The van der Waals surface area contributed by atoms with E-state index in [4.69, 9.17) is 16.3 Å². The molecule has 1 aromatic heterocycles. The SMILES string of the molecule is CCCOCCCn1c(CCCl)nc2cc(Br)ccc21. The zero-order chi connectivity index (χ0) is 14.4. The molecule has 1 heterocycles. The molecule has 0 spiro atoms. The quantitative estimate of drug-likeness (QED) is 0.516. The van der Waals surface area contributed by atoms with Crippen LogP contribution in [0.1, 0.15) is 25.6 Å². The fraction of sp³-hybridized carbons (Fsp3) is 0.533. The van der Waals surface area contributed by atoms with Gasteiger partial charge in [-0.1, -0.05) is 22.9 Å². The lowest BCUT2D eigenvalue weighted by molar-refractivity contribution is 0.129. The van der Waals surface area contributed by atoms with Crippen molar-refractivity contribution in [3.8, 4) is 0 Å². The van der Waals surface area contributed by atoms with Crippen LogP contribution >= 0.6 is 27.5 Å². The number of imidazole rings is 1. The maximum atomic E-state index is 5.88. The van der Waals surface area contributed by atoms with Crippen LogP contribution in [0.4, 0.5) is 0 Å². The van der Waals surface area contributed by atoms with Gasteiger partial charge in [0.05, 0.1) is 11.0 Å². The van der Waals surface area contributed by atoms with Gasteiger partial charge in [-0.15, -0.1) is 11.6 Å². The number of rotatable bonds is 8. The molecule has 5 heteroatoms. The molecule has 0 bridgehead atoms. The normalized spacial score (nSPS) is 11.3. The molecule has 0 aliphatic heterocycles. The molecule has 0 fully saturated rings. The summed E-state index contributed by atoms with van der Waals surface area (Å²) >= 11 is 9.37. The van der Waals surface area contributed by atoms with Crippen LogP contribution in [0.5, 0.6) is 0 Å². The number of fused-ring (bicyclic) bond motifs is 1. The molecule has 0 N–H and O–H groups in total. The smallest absolute Gasteiger partial charge is 0.111 e. The molecule has 0 amide bonds. The first-order valence-electron chi connectivity index (χ1n) is 7.04. The summed E-state index contributed by atoms with van der Waals surface area (Å²) < 4.78 is 8.86. The fourth-order valence-electron chi connectivity index (χ4n) is 2.25. The van der Waals surface area contributed by atoms with Crippen LogP contribution < -0.4 is 0 Å². The molecule has 0 aliphatic carbocycles. The van der Waals surface area contributed by atoms with E-state index in [0.717, 1.165) is 54.8 Å². The van der Waals surface area contributed by atoms with Crippen molar-refractivity contribution in [1.82, 2.24) is 9.55 Å². The van der Waals surface area contributed by atoms with Crippen molar-refractivity contribution in [1.29, 1.82) is 0 Å². The Kier molecular flexibility index (Phi) is 6.33. The summed E-state index contributed by atoms with van der Waals surface area (Å²) in [5.41, 5.74) is 2.19. The average Bonchev–Trinajstić information content (AvgIpc) is 2.76.